The monoisotopic (exact) mass is 301 g/mol. The zero-order valence-electron chi connectivity index (χ0n) is 13.4. The molecule has 0 amide bonds. The van der Waals surface area contributed by atoms with Crippen molar-refractivity contribution in [2.75, 3.05) is 26.8 Å². The van der Waals surface area contributed by atoms with Crippen LogP contribution in [0.25, 0.3) is 0 Å². The Bertz CT molecular complexity index is 419. The van der Waals surface area contributed by atoms with E-state index < -0.39 is 0 Å². The van der Waals surface area contributed by atoms with E-state index >= 15 is 0 Å². The lowest BCUT2D eigenvalue weighted by Crippen LogP contribution is -2.35. The van der Waals surface area contributed by atoms with Crippen LogP contribution in [-0.4, -0.2) is 36.6 Å². The smallest absolute Gasteiger partial charge is 0.0847 e. The third kappa shape index (κ3) is 4.76. The summed E-state index contributed by atoms with van der Waals surface area (Å²) in [4.78, 5) is 0. The second-order valence-electron chi connectivity index (χ2n) is 5.88. The first-order chi connectivity index (χ1) is 9.43. The molecule has 5 heteroatoms. The van der Waals surface area contributed by atoms with Gasteiger partial charge in [-0.2, -0.15) is 5.10 Å². The summed E-state index contributed by atoms with van der Waals surface area (Å²) < 4.78 is 7.00. The van der Waals surface area contributed by atoms with Crippen LogP contribution in [0.15, 0.2) is 0 Å². The highest BCUT2D eigenvalue weighted by Crippen LogP contribution is 2.31. The van der Waals surface area contributed by atoms with Gasteiger partial charge in [0.1, 0.15) is 0 Å². The number of rotatable bonds is 9. The van der Waals surface area contributed by atoms with Crippen LogP contribution < -0.4 is 5.32 Å². The molecule has 0 spiro atoms. The molecule has 0 saturated carbocycles. The average molecular weight is 302 g/mol. The van der Waals surface area contributed by atoms with Gasteiger partial charge in [-0.15, -0.1) is 0 Å². The van der Waals surface area contributed by atoms with Gasteiger partial charge in [0.15, 0.2) is 0 Å². The number of aryl methyl sites for hydroxylation is 2. The number of hydrogen-bond acceptors (Lipinski definition) is 3. The van der Waals surface area contributed by atoms with Crippen LogP contribution in [0.3, 0.4) is 0 Å². The Kier molecular flexibility index (Phi) is 7.00. The molecule has 20 heavy (non-hydrogen) atoms. The highest BCUT2D eigenvalue weighted by Gasteiger charge is 2.27. The molecule has 0 aliphatic rings. The highest BCUT2D eigenvalue weighted by atomic mass is 35.5. The van der Waals surface area contributed by atoms with E-state index in [1.54, 1.807) is 7.11 Å². The molecule has 0 aliphatic carbocycles. The van der Waals surface area contributed by atoms with E-state index in [9.17, 15) is 0 Å². The van der Waals surface area contributed by atoms with Crippen molar-refractivity contribution in [3.8, 4) is 0 Å². The fraction of sp³-hybridized carbons (Fsp3) is 0.800. The molecule has 4 nitrogen and oxygen atoms in total. The number of nitrogens with one attached hydrogen (secondary N) is 1. The summed E-state index contributed by atoms with van der Waals surface area (Å²) in [5.41, 5.74) is 2.23. The topological polar surface area (TPSA) is 39.1 Å². The second-order valence-corrected chi connectivity index (χ2v) is 6.25. The van der Waals surface area contributed by atoms with E-state index in [1.807, 2.05) is 18.7 Å². The molecule has 0 saturated heterocycles. The van der Waals surface area contributed by atoms with Gasteiger partial charge in [0.05, 0.1) is 23.0 Å². The van der Waals surface area contributed by atoms with Crippen molar-refractivity contribution in [2.45, 2.75) is 40.0 Å². The standard InChI is InChI=1S/C15H28ClN3O/c1-6-7-15(3,11-17-8-9-20-5)10-13-14(16)12(2)18-19(13)4/h17H,6-11H2,1-5H3. The number of halogens is 1. The number of nitrogens with zero attached hydrogens (tertiary/aromatic N) is 2. The van der Waals surface area contributed by atoms with E-state index in [1.165, 1.54) is 0 Å². The molecule has 116 valence electrons. The van der Waals surface area contributed by atoms with E-state index in [4.69, 9.17) is 16.3 Å². The zero-order valence-corrected chi connectivity index (χ0v) is 14.2. The van der Waals surface area contributed by atoms with Crippen molar-refractivity contribution >= 4 is 11.6 Å². The van der Waals surface area contributed by atoms with Crippen molar-refractivity contribution in [1.82, 2.24) is 15.1 Å². The first-order valence-corrected chi connectivity index (χ1v) is 7.69. The number of hydrogen-bond donors (Lipinski definition) is 1. The molecule has 0 aliphatic heterocycles. The fourth-order valence-electron chi connectivity index (χ4n) is 2.68. The Morgan fingerprint density at radius 2 is 2.15 bits per heavy atom. The third-order valence-corrected chi connectivity index (χ3v) is 4.24. The maximum absolute atomic E-state index is 6.38. The molecule has 0 radical (unpaired) electrons. The summed E-state index contributed by atoms with van der Waals surface area (Å²) >= 11 is 6.38. The molecule has 0 aromatic carbocycles. The van der Waals surface area contributed by atoms with Crippen molar-refractivity contribution in [3.63, 3.8) is 0 Å². The minimum atomic E-state index is 0.187. The highest BCUT2D eigenvalue weighted by molar-refractivity contribution is 6.31. The maximum Gasteiger partial charge on any atom is 0.0847 e. The maximum atomic E-state index is 6.38. The van der Waals surface area contributed by atoms with Gasteiger partial charge in [-0.25, -0.2) is 0 Å². The Morgan fingerprint density at radius 1 is 1.45 bits per heavy atom. The Morgan fingerprint density at radius 3 is 2.65 bits per heavy atom. The lowest BCUT2D eigenvalue weighted by molar-refractivity contribution is 0.189. The number of ether oxygens (including phenoxy) is 1. The van der Waals surface area contributed by atoms with Crippen molar-refractivity contribution in [2.24, 2.45) is 12.5 Å². The molecule has 1 aromatic heterocycles. The van der Waals surface area contributed by atoms with Gasteiger partial charge in [0.2, 0.25) is 0 Å². The fourth-order valence-corrected chi connectivity index (χ4v) is 2.91. The van der Waals surface area contributed by atoms with Gasteiger partial charge in [0.25, 0.3) is 0 Å². The Hall–Kier alpha value is -0.580. The van der Waals surface area contributed by atoms with Crippen LogP contribution in [-0.2, 0) is 18.2 Å². The van der Waals surface area contributed by atoms with Crippen LogP contribution in [0.5, 0.6) is 0 Å². The minimum absolute atomic E-state index is 0.187. The molecule has 1 rings (SSSR count). The van der Waals surface area contributed by atoms with Crippen LogP contribution in [0, 0.1) is 12.3 Å². The summed E-state index contributed by atoms with van der Waals surface area (Å²) in [6.45, 7) is 9.09. The van der Waals surface area contributed by atoms with Gasteiger partial charge in [-0.05, 0) is 25.2 Å². The van der Waals surface area contributed by atoms with Crippen LogP contribution in [0.2, 0.25) is 5.02 Å². The molecular weight excluding hydrogens is 274 g/mol. The van der Waals surface area contributed by atoms with Gasteiger partial charge in [-0.1, -0.05) is 31.9 Å². The normalized spacial score (nSPS) is 14.5. The van der Waals surface area contributed by atoms with Crippen molar-refractivity contribution in [3.05, 3.63) is 16.4 Å². The molecule has 1 atom stereocenters. The van der Waals surface area contributed by atoms with Gasteiger partial charge < -0.3 is 10.1 Å². The van der Waals surface area contributed by atoms with Crippen LogP contribution >= 0.6 is 11.6 Å². The number of aromatic nitrogens is 2. The summed E-state index contributed by atoms with van der Waals surface area (Å²) in [7, 11) is 3.70. The van der Waals surface area contributed by atoms with Gasteiger partial charge >= 0.3 is 0 Å². The van der Waals surface area contributed by atoms with Crippen molar-refractivity contribution in [1.29, 1.82) is 0 Å². The lowest BCUT2D eigenvalue weighted by Gasteiger charge is -2.30. The molecule has 1 heterocycles. The molecule has 1 N–H and O–H groups in total. The lowest BCUT2D eigenvalue weighted by atomic mass is 9.81. The van der Waals surface area contributed by atoms with E-state index in [0.717, 1.165) is 55.4 Å². The molecule has 1 unspecified atom stereocenters. The van der Waals surface area contributed by atoms with Gasteiger partial charge in [0, 0.05) is 27.2 Å². The minimum Gasteiger partial charge on any atom is -0.383 e. The predicted molar refractivity (Wildman–Crippen MR) is 84.4 cm³/mol. The Balaban J connectivity index is 2.74. The van der Waals surface area contributed by atoms with E-state index in [2.05, 4.69) is 24.3 Å². The van der Waals surface area contributed by atoms with Crippen molar-refractivity contribution < 1.29 is 4.74 Å². The predicted octanol–water partition coefficient (Wildman–Crippen LogP) is 2.97. The number of methoxy groups -OCH3 is 1. The zero-order chi connectivity index (χ0) is 15.2. The second kappa shape index (κ2) is 8.01. The van der Waals surface area contributed by atoms with E-state index in [0.29, 0.717) is 0 Å². The molecule has 0 fully saturated rings. The molecular formula is C15H28ClN3O. The SMILES string of the molecule is CCCC(C)(CNCCOC)Cc1c(Cl)c(C)nn1C. The van der Waals surface area contributed by atoms with Crippen LogP contribution in [0.4, 0.5) is 0 Å². The molecule has 0 bridgehead atoms. The quantitative estimate of drug-likeness (QED) is 0.713. The summed E-state index contributed by atoms with van der Waals surface area (Å²) in [6, 6.07) is 0. The van der Waals surface area contributed by atoms with Crippen LogP contribution in [0.1, 0.15) is 38.1 Å². The summed E-state index contributed by atoms with van der Waals surface area (Å²) in [5.74, 6) is 0. The largest absolute Gasteiger partial charge is 0.383 e. The van der Waals surface area contributed by atoms with Gasteiger partial charge in [-0.3, -0.25) is 4.68 Å². The Labute approximate surface area is 127 Å². The van der Waals surface area contributed by atoms with E-state index in [-0.39, 0.29) is 5.41 Å². The first kappa shape index (κ1) is 17.5. The average Bonchev–Trinajstić information content (AvgIpc) is 2.62. The first-order valence-electron chi connectivity index (χ1n) is 7.31. The molecule has 1 aromatic rings. The third-order valence-electron chi connectivity index (χ3n) is 3.74. The summed E-state index contributed by atoms with van der Waals surface area (Å²) in [5, 5.41) is 8.70. The summed E-state index contributed by atoms with van der Waals surface area (Å²) in [6.07, 6.45) is 3.27.